The molecule has 1 aliphatic carbocycles. The predicted octanol–water partition coefficient (Wildman–Crippen LogP) is 2.78. The number of carboxylic acid groups (broad SMARTS) is 1. The molecule has 132 valence electrons. The van der Waals surface area contributed by atoms with E-state index in [-0.39, 0.29) is 17.5 Å². The molecule has 1 N–H and O–H groups in total. The zero-order valence-electron chi connectivity index (χ0n) is 13.8. The summed E-state index contributed by atoms with van der Waals surface area (Å²) in [6, 6.07) is 2.27. The third kappa shape index (κ3) is 3.18. The average molecular weight is 360 g/mol. The summed E-state index contributed by atoms with van der Waals surface area (Å²) in [6.45, 7) is 1.31. The topological polar surface area (TPSA) is 88.3 Å². The number of aromatic nitrogens is 3. The number of piperidine rings is 1. The van der Waals surface area contributed by atoms with Crippen molar-refractivity contribution < 1.29 is 14.7 Å². The van der Waals surface area contributed by atoms with Crippen LogP contribution < -0.4 is 0 Å². The maximum absolute atomic E-state index is 12.6. The van der Waals surface area contributed by atoms with Gasteiger partial charge in [0.1, 0.15) is 5.69 Å². The van der Waals surface area contributed by atoms with E-state index < -0.39 is 5.97 Å². The lowest BCUT2D eigenvalue weighted by atomic mass is 9.93. The summed E-state index contributed by atoms with van der Waals surface area (Å²) >= 11 is 1.39. The fraction of sp³-hybridized carbons (Fsp3) is 0.529. The van der Waals surface area contributed by atoms with Crippen molar-refractivity contribution in [1.82, 2.24) is 19.7 Å². The molecule has 7 nitrogen and oxygen atoms in total. The molecule has 0 bridgehead atoms. The summed E-state index contributed by atoms with van der Waals surface area (Å²) in [5.41, 5.74) is 0.632. The third-order valence-corrected chi connectivity index (χ3v) is 6.16. The molecule has 25 heavy (non-hydrogen) atoms. The zero-order valence-corrected chi connectivity index (χ0v) is 14.6. The molecule has 0 radical (unpaired) electrons. The van der Waals surface area contributed by atoms with Crippen molar-refractivity contribution >= 4 is 23.2 Å². The van der Waals surface area contributed by atoms with Crippen LogP contribution in [0, 0.1) is 0 Å². The molecule has 4 rings (SSSR count). The van der Waals surface area contributed by atoms with Crippen molar-refractivity contribution in [2.45, 2.75) is 44.1 Å². The first kappa shape index (κ1) is 16.3. The monoisotopic (exact) mass is 360 g/mol. The largest absolute Gasteiger partial charge is 0.476 e. The number of likely N-dealkylation sites (tertiary alicyclic amines) is 1. The first-order chi connectivity index (χ1) is 12.1. The molecule has 1 saturated carbocycles. The Morgan fingerprint density at radius 2 is 1.92 bits per heavy atom. The number of hydrogen-bond acceptors (Lipinski definition) is 5. The van der Waals surface area contributed by atoms with Crippen LogP contribution in [-0.4, -0.2) is 49.7 Å². The number of hydrogen-bond donors (Lipinski definition) is 1. The number of rotatable bonds is 4. The van der Waals surface area contributed by atoms with Gasteiger partial charge in [-0.05, 0) is 38.2 Å². The van der Waals surface area contributed by atoms with Crippen LogP contribution in [0.5, 0.6) is 0 Å². The molecule has 1 aliphatic heterocycles. The highest BCUT2D eigenvalue weighted by Crippen LogP contribution is 2.32. The Labute approximate surface area is 149 Å². The minimum absolute atomic E-state index is 0.0121. The van der Waals surface area contributed by atoms with Crippen molar-refractivity contribution in [3.8, 4) is 0 Å². The van der Waals surface area contributed by atoms with Crippen molar-refractivity contribution in [3.05, 3.63) is 34.0 Å². The van der Waals surface area contributed by atoms with Gasteiger partial charge in [-0.1, -0.05) is 0 Å². The summed E-state index contributed by atoms with van der Waals surface area (Å²) in [4.78, 5) is 29.6. The molecule has 0 aromatic carbocycles. The van der Waals surface area contributed by atoms with Gasteiger partial charge in [0, 0.05) is 30.6 Å². The van der Waals surface area contributed by atoms with Crippen LogP contribution in [0.25, 0.3) is 0 Å². The van der Waals surface area contributed by atoms with Crippen molar-refractivity contribution in [2.24, 2.45) is 0 Å². The Hall–Kier alpha value is -2.22. The van der Waals surface area contributed by atoms with E-state index in [2.05, 4.69) is 10.1 Å². The first-order valence-electron chi connectivity index (χ1n) is 8.65. The van der Waals surface area contributed by atoms with Gasteiger partial charge >= 0.3 is 5.97 Å². The van der Waals surface area contributed by atoms with Crippen LogP contribution in [0.4, 0.5) is 0 Å². The molecule has 0 atom stereocenters. The van der Waals surface area contributed by atoms with Crippen molar-refractivity contribution in [3.63, 3.8) is 0 Å². The second kappa shape index (κ2) is 6.59. The number of nitrogens with zero attached hydrogens (tertiary/aromatic N) is 4. The molecule has 2 aromatic rings. The SMILES string of the molecule is O=C(O)c1csc(C2CCN(C(=O)c3ccn(C4CCC4)n3)CC2)n1. The number of thiazole rings is 1. The van der Waals surface area contributed by atoms with Gasteiger partial charge in [0.05, 0.1) is 11.0 Å². The molecule has 0 unspecified atom stereocenters. The lowest BCUT2D eigenvalue weighted by Gasteiger charge is -2.30. The summed E-state index contributed by atoms with van der Waals surface area (Å²) in [6.07, 6.45) is 7.05. The van der Waals surface area contributed by atoms with Crippen molar-refractivity contribution in [1.29, 1.82) is 0 Å². The Morgan fingerprint density at radius 1 is 1.16 bits per heavy atom. The predicted molar refractivity (Wildman–Crippen MR) is 92.1 cm³/mol. The normalized spacial score (nSPS) is 19.0. The fourth-order valence-electron chi connectivity index (χ4n) is 3.37. The van der Waals surface area contributed by atoms with Gasteiger partial charge in [-0.15, -0.1) is 11.3 Å². The van der Waals surface area contributed by atoms with Crippen LogP contribution in [0.2, 0.25) is 0 Å². The van der Waals surface area contributed by atoms with Gasteiger partial charge in [0.25, 0.3) is 5.91 Å². The lowest BCUT2D eigenvalue weighted by molar-refractivity contribution is 0.0690. The van der Waals surface area contributed by atoms with E-state index in [1.807, 2.05) is 21.8 Å². The Kier molecular flexibility index (Phi) is 4.29. The molecule has 0 spiro atoms. The van der Waals surface area contributed by atoms with Crippen LogP contribution in [0.15, 0.2) is 17.6 Å². The number of amides is 1. The smallest absolute Gasteiger partial charge is 0.355 e. The highest BCUT2D eigenvalue weighted by molar-refractivity contribution is 7.09. The highest BCUT2D eigenvalue weighted by Gasteiger charge is 2.28. The zero-order chi connectivity index (χ0) is 17.4. The van der Waals surface area contributed by atoms with Gasteiger partial charge in [-0.2, -0.15) is 5.10 Å². The summed E-state index contributed by atoms with van der Waals surface area (Å²) in [5.74, 6) is -0.770. The van der Waals surface area contributed by atoms with Crippen LogP contribution in [0.3, 0.4) is 0 Å². The number of aromatic carboxylic acids is 1. The van der Waals surface area contributed by atoms with Gasteiger partial charge in [0.15, 0.2) is 5.69 Å². The van der Waals surface area contributed by atoms with E-state index in [0.717, 1.165) is 30.7 Å². The molecule has 1 saturated heterocycles. The first-order valence-corrected chi connectivity index (χ1v) is 9.53. The fourth-order valence-corrected chi connectivity index (χ4v) is 4.34. The van der Waals surface area contributed by atoms with E-state index >= 15 is 0 Å². The standard InChI is InChI=1S/C17H20N4O3S/c22-16(13-6-9-21(19-13)12-2-1-3-12)20-7-4-11(5-8-20)15-18-14(10-25-15)17(23)24/h6,9-12H,1-5,7-8H2,(H,23,24). The second-order valence-electron chi connectivity index (χ2n) is 6.71. The van der Waals surface area contributed by atoms with Gasteiger partial charge in [-0.25, -0.2) is 9.78 Å². The minimum atomic E-state index is -0.989. The van der Waals surface area contributed by atoms with Crippen LogP contribution in [-0.2, 0) is 0 Å². The quantitative estimate of drug-likeness (QED) is 0.906. The number of carbonyl (C=O) groups is 2. The Balaban J connectivity index is 1.36. The summed E-state index contributed by atoms with van der Waals surface area (Å²) in [7, 11) is 0. The Bertz CT molecular complexity index is 787. The van der Waals surface area contributed by atoms with E-state index in [1.54, 1.807) is 5.38 Å². The molecule has 2 aliphatic rings. The molecular weight excluding hydrogens is 340 g/mol. The maximum atomic E-state index is 12.6. The molecular formula is C17H20N4O3S. The van der Waals surface area contributed by atoms with Gasteiger partial charge in [-0.3, -0.25) is 9.48 Å². The minimum Gasteiger partial charge on any atom is -0.476 e. The second-order valence-corrected chi connectivity index (χ2v) is 7.60. The number of carboxylic acids is 1. The maximum Gasteiger partial charge on any atom is 0.355 e. The summed E-state index contributed by atoms with van der Waals surface area (Å²) < 4.78 is 1.92. The lowest BCUT2D eigenvalue weighted by Crippen LogP contribution is -2.38. The van der Waals surface area contributed by atoms with Crippen molar-refractivity contribution in [2.75, 3.05) is 13.1 Å². The molecule has 1 amide bonds. The van der Waals surface area contributed by atoms with E-state index in [9.17, 15) is 9.59 Å². The third-order valence-electron chi connectivity index (χ3n) is 5.15. The number of carbonyl (C=O) groups excluding carboxylic acids is 1. The molecule has 8 heteroatoms. The van der Waals surface area contributed by atoms with Gasteiger partial charge < -0.3 is 10.0 Å². The summed E-state index contributed by atoms with van der Waals surface area (Å²) in [5, 5.41) is 15.9. The molecule has 2 aromatic heterocycles. The van der Waals surface area contributed by atoms with Crippen LogP contribution >= 0.6 is 11.3 Å². The molecule has 2 fully saturated rings. The highest BCUT2D eigenvalue weighted by atomic mass is 32.1. The Morgan fingerprint density at radius 3 is 2.52 bits per heavy atom. The van der Waals surface area contributed by atoms with E-state index in [0.29, 0.717) is 24.8 Å². The molecule has 3 heterocycles. The van der Waals surface area contributed by atoms with E-state index in [1.165, 1.54) is 17.8 Å². The average Bonchev–Trinajstić information content (AvgIpc) is 3.22. The van der Waals surface area contributed by atoms with Crippen LogP contribution in [0.1, 0.15) is 70.0 Å². The van der Waals surface area contributed by atoms with E-state index in [4.69, 9.17) is 5.11 Å². The van der Waals surface area contributed by atoms with Gasteiger partial charge in [0.2, 0.25) is 0 Å².